The molecule has 1 heterocycles. The smallest absolute Gasteiger partial charge is 0.0675 e. The topological polar surface area (TPSA) is 36.3 Å². The Morgan fingerprint density at radius 2 is 1.90 bits per heavy atom. The zero-order valence-electron chi connectivity index (χ0n) is 13.2. The molecule has 3 nitrogen and oxygen atoms in total. The molecule has 4 atom stereocenters. The maximum absolute atomic E-state index is 9.54. The molecule has 3 rings (SSSR count). The largest absolute Gasteiger partial charge is 0.379 e. The monoisotopic (exact) mass is 276 g/mol. The average Bonchev–Trinajstić information content (AvgIpc) is 2.40. The van der Waals surface area contributed by atoms with Gasteiger partial charge in [0, 0.05) is 18.6 Å². The predicted molar refractivity (Wildman–Crippen MR) is 79.1 cm³/mol. The van der Waals surface area contributed by atoms with E-state index in [1.165, 1.54) is 19.3 Å². The number of rotatable bonds is 1. The molecular weight excluding hydrogens is 248 g/mol. The summed E-state index contributed by atoms with van der Waals surface area (Å²) in [5.74, 6) is 1.82. The Kier molecular flexibility index (Phi) is 3.59. The van der Waals surface area contributed by atoms with Gasteiger partial charge >= 0.3 is 0 Å². The van der Waals surface area contributed by atoms with Crippen molar-refractivity contribution < 1.29 is 4.74 Å². The highest BCUT2D eigenvalue weighted by Gasteiger charge is 2.61. The van der Waals surface area contributed by atoms with Crippen LogP contribution in [0.4, 0.5) is 0 Å². The first kappa shape index (κ1) is 14.4. The van der Waals surface area contributed by atoms with E-state index in [1.807, 2.05) is 0 Å². The summed E-state index contributed by atoms with van der Waals surface area (Å²) in [5.41, 5.74) is 0.606. The van der Waals surface area contributed by atoms with Gasteiger partial charge < -0.3 is 4.74 Å². The van der Waals surface area contributed by atoms with Gasteiger partial charge in [-0.2, -0.15) is 5.26 Å². The Labute approximate surface area is 123 Å². The van der Waals surface area contributed by atoms with Gasteiger partial charge in [-0.25, -0.2) is 0 Å². The van der Waals surface area contributed by atoms with Crippen LogP contribution in [0.5, 0.6) is 0 Å². The zero-order valence-corrected chi connectivity index (χ0v) is 13.2. The minimum atomic E-state index is 0.195. The summed E-state index contributed by atoms with van der Waals surface area (Å²) >= 11 is 0. The standard InChI is InChI=1S/C17H28N2O/c1-16(2,3)13-4-5-17(19-6-8-20-9-7-19)14(10-13)11-15(17)12-18/h13-15H,4-11H2,1-3H3/t13-,14+,15-,17+/m1/s1. The Hall–Kier alpha value is -0.590. The fourth-order valence-corrected chi connectivity index (χ4v) is 4.93. The van der Waals surface area contributed by atoms with Gasteiger partial charge in [0.1, 0.15) is 0 Å². The van der Waals surface area contributed by atoms with Crippen molar-refractivity contribution in [2.75, 3.05) is 26.3 Å². The summed E-state index contributed by atoms with van der Waals surface area (Å²) in [6.07, 6.45) is 4.95. The molecule has 0 N–H and O–H groups in total. The molecule has 112 valence electrons. The van der Waals surface area contributed by atoms with Crippen LogP contribution in [0.2, 0.25) is 0 Å². The average molecular weight is 276 g/mol. The van der Waals surface area contributed by atoms with Crippen LogP contribution in [0.1, 0.15) is 46.5 Å². The number of hydrogen-bond donors (Lipinski definition) is 0. The Morgan fingerprint density at radius 1 is 1.20 bits per heavy atom. The molecule has 0 radical (unpaired) electrons. The van der Waals surface area contributed by atoms with E-state index in [-0.39, 0.29) is 11.5 Å². The van der Waals surface area contributed by atoms with E-state index in [1.54, 1.807) is 0 Å². The van der Waals surface area contributed by atoms with Crippen molar-refractivity contribution in [3.63, 3.8) is 0 Å². The molecule has 0 bridgehead atoms. The molecule has 3 fully saturated rings. The fourth-order valence-electron chi connectivity index (χ4n) is 4.93. The summed E-state index contributed by atoms with van der Waals surface area (Å²) in [6, 6.07) is 2.61. The van der Waals surface area contributed by atoms with Gasteiger partial charge in [0.2, 0.25) is 0 Å². The molecule has 3 aliphatic rings. The third kappa shape index (κ3) is 2.09. The zero-order chi connectivity index (χ0) is 14.4. The lowest BCUT2D eigenvalue weighted by Crippen LogP contribution is -2.69. The highest BCUT2D eigenvalue weighted by atomic mass is 16.5. The van der Waals surface area contributed by atoms with Gasteiger partial charge in [-0.15, -0.1) is 0 Å². The van der Waals surface area contributed by atoms with Crippen LogP contribution in [-0.2, 0) is 4.74 Å². The summed E-state index contributed by atoms with van der Waals surface area (Å²) < 4.78 is 5.51. The molecule has 0 aromatic rings. The van der Waals surface area contributed by atoms with Crippen molar-refractivity contribution in [2.24, 2.45) is 23.2 Å². The van der Waals surface area contributed by atoms with Crippen molar-refractivity contribution in [3.8, 4) is 6.07 Å². The molecule has 1 aliphatic heterocycles. The molecule has 2 aliphatic carbocycles. The number of nitriles is 1. The second kappa shape index (κ2) is 5.00. The molecule has 3 heteroatoms. The first-order valence-corrected chi connectivity index (χ1v) is 8.21. The van der Waals surface area contributed by atoms with Crippen LogP contribution in [0.25, 0.3) is 0 Å². The Morgan fingerprint density at radius 3 is 2.45 bits per heavy atom. The number of fused-ring (bicyclic) bond motifs is 1. The first-order valence-electron chi connectivity index (χ1n) is 8.21. The minimum Gasteiger partial charge on any atom is -0.379 e. The molecule has 20 heavy (non-hydrogen) atoms. The predicted octanol–water partition coefficient (Wildman–Crippen LogP) is 3.06. The lowest BCUT2D eigenvalue weighted by molar-refractivity contribution is -0.152. The van der Waals surface area contributed by atoms with Crippen LogP contribution >= 0.6 is 0 Å². The minimum absolute atomic E-state index is 0.195. The van der Waals surface area contributed by atoms with Crippen molar-refractivity contribution in [2.45, 2.75) is 52.0 Å². The number of nitrogens with zero attached hydrogens (tertiary/aromatic N) is 2. The van der Waals surface area contributed by atoms with E-state index < -0.39 is 0 Å². The third-order valence-electron chi connectivity index (χ3n) is 6.27. The maximum Gasteiger partial charge on any atom is 0.0675 e. The SMILES string of the molecule is CC(C)(C)[C@@H]1CC[C@]2(N3CCOCC3)[C@@H](C1)C[C@@H]2C#N. The second-order valence-electron chi connectivity index (χ2n) is 8.04. The molecule has 0 amide bonds. The van der Waals surface area contributed by atoms with Gasteiger partial charge in [0.05, 0.1) is 25.2 Å². The van der Waals surface area contributed by atoms with Crippen molar-refractivity contribution >= 4 is 0 Å². The molecule has 1 saturated heterocycles. The fraction of sp³-hybridized carbons (Fsp3) is 0.941. The van der Waals surface area contributed by atoms with E-state index in [9.17, 15) is 5.26 Å². The van der Waals surface area contributed by atoms with E-state index in [0.29, 0.717) is 5.41 Å². The summed E-state index contributed by atoms with van der Waals surface area (Å²) in [6.45, 7) is 10.9. The summed E-state index contributed by atoms with van der Waals surface area (Å²) in [5, 5.41) is 9.54. The molecule has 0 aromatic heterocycles. The highest BCUT2D eigenvalue weighted by molar-refractivity contribution is 5.19. The van der Waals surface area contributed by atoms with Gasteiger partial charge in [0.15, 0.2) is 0 Å². The molecule has 0 spiro atoms. The second-order valence-corrected chi connectivity index (χ2v) is 8.04. The molecule has 0 unspecified atom stereocenters. The van der Waals surface area contributed by atoms with E-state index in [4.69, 9.17) is 4.74 Å². The molecule has 2 saturated carbocycles. The number of ether oxygens (including phenoxy) is 1. The van der Waals surface area contributed by atoms with E-state index >= 15 is 0 Å². The first-order chi connectivity index (χ1) is 9.48. The van der Waals surface area contributed by atoms with Gasteiger partial charge in [-0.05, 0) is 42.9 Å². The highest BCUT2D eigenvalue weighted by Crippen LogP contribution is 2.59. The van der Waals surface area contributed by atoms with Crippen LogP contribution in [0.15, 0.2) is 0 Å². The van der Waals surface area contributed by atoms with Gasteiger partial charge in [-0.3, -0.25) is 4.90 Å². The third-order valence-corrected chi connectivity index (χ3v) is 6.27. The Balaban J connectivity index is 1.79. The van der Waals surface area contributed by atoms with E-state index in [0.717, 1.165) is 44.6 Å². The molecular formula is C17H28N2O. The quantitative estimate of drug-likeness (QED) is 0.738. The van der Waals surface area contributed by atoms with Crippen LogP contribution in [0, 0.1) is 34.5 Å². The summed E-state index contributed by atoms with van der Waals surface area (Å²) in [4.78, 5) is 2.61. The van der Waals surface area contributed by atoms with Gasteiger partial charge in [0.25, 0.3) is 0 Å². The molecule has 0 aromatic carbocycles. The summed E-state index contributed by atoms with van der Waals surface area (Å²) in [7, 11) is 0. The van der Waals surface area contributed by atoms with Crippen LogP contribution in [-0.4, -0.2) is 36.7 Å². The normalized spacial score (nSPS) is 42.4. The van der Waals surface area contributed by atoms with Crippen LogP contribution in [0.3, 0.4) is 0 Å². The Bertz CT molecular complexity index is 402. The number of morpholine rings is 1. The van der Waals surface area contributed by atoms with Crippen molar-refractivity contribution in [1.29, 1.82) is 5.26 Å². The maximum atomic E-state index is 9.54. The van der Waals surface area contributed by atoms with E-state index in [2.05, 4.69) is 31.7 Å². The lowest BCUT2D eigenvalue weighted by Gasteiger charge is -2.64. The van der Waals surface area contributed by atoms with Gasteiger partial charge in [-0.1, -0.05) is 20.8 Å². The number of hydrogen-bond acceptors (Lipinski definition) is 3. The van der Waals surface area contributed by atoms with Crippen molar-refractivity contribution in [1.82, 2.24) is 4.90 Å². The lowest BCUT2D eigenvalue weighted by atomic mass is 9.48. The van der Waals surface area contributed by atoms with Crippen LogP contribution < -0.4 is 0 Å². The van der Waals surface area contributed by atoms with Crippen molar-refractivity contribution in [3.05, 3.63) is 0 Å².